The van der Waals surface area contributed by atoms with Crippen molar-refractivity contribution in [2.45, 2.75) is 18.8 Å². The molecule has 24 heavy (non-hydrogen) atoms. The van der Waals surface area contributed by atoms with Gasteiger partial charge in [-0.3, -0.25) is 9.59 Å². The molecule has 2 aromatic carbocycles. The van der Waals surface area contributed by atoms with Gasteiger partial charge in [0.25, 0.3) is 0 Å². The number of anilines is 1. The summed E-state index contributed by atoms with van der Waals surface area (Å²) in [5.74, 6) is -0.848. The fourth-order valence-electron chi connectivity index (χ4n) is 3.07. The minimum absolute atomic E-state index is 0.0611. The molecule has 0 spiro atoms. The van der Waals surface area contributed by atoms with Gasteiger partial charge in [0.1, 0.15) is 11.7 Å². The summed E-state index contributed by atoms with van der Waals surface area (Å²) in [6.07, 6.45) is 0.917. The van der Waals surface area contributed by atoms with Crippen LogP contribution in [0.3, 0.4) is 0 Å². The van der Waals surface area contributed by atoms with E-state index in [0.29, 0.717) is 24.1 Å². The molecule has 2 aromatic rings. The highest BCUT2D eigenvalue weighted by atomic mass is 16.5. The zero-order chi connectivity index (χ0) is 17.1. The average Bonchev–Trinajstić information content (AvgIpc) is 3.00. The number of carbonyl (C=O) groups is 2. The Morgan fingerprint density at radius 2 is 2.00 bits per heavy atom. The summed E-state index contributed by atoms with van der Waals surface area (Å²) in [5.41, 5.74) is 2.44. The zero-order valence-electron chi connectivity index (χ0n) is 13.4. The number of carbonyl (C=O) groups excluding carboxylic acids is 1. The first-order valence-corrected chi connectivity index (χ1v) is 7.85. The first-order valence-electron chi connectivity index (χ1n) is 7.85. The second-order valence-corrected chi connectivity index (χ2v) is 5.81. The maximum absolute atomic E-state index is 12.6. The third-order valence-electron chi connectivity index (χ3n) is 4.33. The molecule has 1 heterocycles. The molecule has 0 aliphatic carbocycles. The van der Waals surface area contributed by atoms with Gasteiger partial charge in [0.15, 0.2) is 0 Å². The van der Waals surface area contributed by atoms with Crippen LogP contribution >= 0.6 is 0 Å². The van der Waals surface area contributed by atoms with Crippen LogP contribution in [0, 0.1) is 0 Å². The average molecular weight is 325 g/mol. The van der Waals surface area contributed by atoms with Gasteiger partial charge in [-0.25, -0.2) is 0 Å². The zero-order valence-corrected chi connectivity index (χ0v) is 13.4. The number of aryl methyl sites for hydroxylation is 1. The molecule has 0 fully saturated rings. The van der Waals surface area contributed by atoms with Gasteiger partial charge in [-0.1, -0.05) is 30.3 Å². The van der Waals surface area contributed by atoms with E-state index in [-0.39, 0.29) is 12.5 Å². The molecule has 5 nitrogen and oxygen atoms in total. The number of fused-ring (bicyclic) bond motifs is 1. The fourth-order valence-corrected chi connectivity index (χ4v) is 3.07. The first-order chi connectivity index (χ1) is 11.6. The second-order valence-electron chi connectivity index (χ2n) is 5.81. The third-order valence-corrected chi connectivity index (χ3v) is 4.33. The molecule has 1 aliphatic rings. The maximum atomic E-state index is 12.6. The molecule has 124 valence electrons. The predicted molar refractivity (Wildman–Crippen MR) is 90.5 cm³/mol. The van der Waals surface area contributed by atoms with Gasteiger partial charge in [-0.15, -0.1) is 0 Å². The van der Waals surface area contributed by atoms with Crippen LogP contribution in [0.25, 0.3) is 0 Å². The lowest BCUT2D eigenvalue weighted by Gasteiger charge is -2.17. The van der Waals surface area contributed by atoms with Crippen LogP contribution in [0.4, 0.5) is 5.69 Å². The lowest BCUT2D eigenvalue weighted by atomic mass is 10.0. The number of hydrogen-bond donors (Lipinski definition) is 1. The van der Waals surface area contributed by atoms with Gasteiger partial charge in [0.2, 0.25) is 5.91 Å². The van der Waals surface area contributed by atoms with Crippen LogP contribution < -0.4 is 9.64 Å². The lowest BCUT2D eigenvalue weighted by molar-refractivity contribution is -0.138. The van der Waals surface area contributed by atoms with Crippen molar-refractivity contribution in [1.82, 2.24) is 0 Å². The molecular formula is C19H19NO4. The number of methoxy groups -OCH3 is 1. The summed E-state index contributed by atoms with van der Waals surface area (Å²) in [7, 11) is 1.61. The van der Waals surface area contributed by atoms with Crippen molar-refractivity contribution in [2.75, 3.05) is 18.6 Å². The van der Waals surface area contributed by atoms with E-state index in [1.165, 1.54) is 0 Å². The number of para-hydroxylation sites is 1. The Morgan fingerprint density at radius 3 is 2.75 bits per heavy atom. The highest BCUT2D eigenvalue weighted by molar-refractivity contribution is 5.99. The maximum Gasteiger partial charge on any atom is 0.312 e. The monoisotopic (exact) mass is 325 g/mol. The number of amides is 1. The number of ether oxygens (including phenoxy) is 1. The van der Waals surface area contributed by atoms with E-state index in [2.05, 4.69) is 0 Å². The molecular weight excluding hydrogens is 306 g/mol. The van der Waals surface area contributed by atoms with Gasteiger partial charge in [-0.05, 0) is 35.7 Å². The molecule has 0 radical (unpaired) electrons. The van der Waals surface area contributed by atoms with E-state index in [1.807, 2.05) is 36.4 Å². The van der Waals surface area contributed by atoms with Gasteiger partial charge in [0.05, 0.1) is 7.11 Å². The molecule has 0 saturated heterocycles. The summed E-state index contributed by atoms with van der Waals surface area (Å²) in [4.78, 5) is 25.6. The van der Waals surface area contributed by atoms with Crippen molar-refractivity contribution in [3.63, 3.8) is 0 Å². The molecule has 5 heteroatoms. The minimum atomic E-state index is -0.898. The molecule has 1 atom stereocenters. The van der Waals surface area contributed by atoms with Crippen LogP contribution in [0.1, 0.15) is 23.5 Å². The number of rotatable bonds is 5. The summed E-state index contributed by atoms with van der Waals surface area (Å²) < 4.78 is 5.19. The Hall–Kier alpha value is -2.82. The Kier molecular flexibility index (Phi) is 4.51. The van der Waals surface area contributed by atoms with E-state index in [4.69, 9.17) is 4.74 Å². The predicted octanol–water partition coefficient (Wildman–Crippen LogP) is 2.84. The highest BCUT2D eigenvalue weighted by Gasteiger charge is 2.35. The second kappa shape index (κ2) is 6.74. The first kappa shape index (κ1) is 16.1. The Labute approximate surface area is 140 Å². The topological polar surface area (TPSA) is 66.8 Å². The summed E-state index contributed by atoms with van der Waals surface area (Å²) >= 11 is 0. The Balaban J connectivity index is 1.72. The fraction of sp³-hybridized carbons (Fsp3) is 0.263. The molecule has 0 unspecified atom stereocenters. The molecule has 0 bridgehead atoms. The lowest BCUT2D eigenvalue weighted by Crippen LogP contribution is -2.31. The van der Waals surface area contributed by atoms with Crippen LogP contribution in [0.2, 0.25) is 0 Å². The molecule has 1 amide bonds. The Morgan fingerprint density at radius 1 is 1.21 bits per heavy atom. The number of carboxylic acid groups (broad SMARTS) is 1. The van der Waals surface area contributed by atoms with Crippen LogP contribution in [0.15, 0.2) is 48.5 Å². The molecule has 1 aliphatic heterocycles. The van der Waals surface area contributed by atoms with Crippen LogP contribution in [-0.2, 0) is 16.0 Å². The van der Waals surface area contributed by atoms with Crippen molar-refractivity contribution in [2.24, 2.45) is 0 Å². The number of benzene rings is 2. The van der Waals surface area contributed by atoms with E-state index in [0.717, 1.165) is 11.3 Å². The smallest absolute Gasteiger partial charge is 0.312 e. The van der Waals surface area contributed by atoms with E-state index in [1.54, 1.807) is 24.1 Å². The SMILES string of the molecule is COc1cccc(CCC(=O)N2C[C@H](C(=O)O)c3ccccc32)c1. The summed E-state index contributed by atoms with van der Waals surface area (Å²) in [6.45, 7) is 0.200. The van der Waals surface area contributed by atoms with E-state index >= 15 is 0 Å². The van der Waals surface area contributed by atoms with Gasteiger partial charge in [0, 0.05) is 18.7 Å². The summed E-state index contributed by atoms with van der Waals surface area (Å²) in [5, 5.41) is 9.37. The van der Waals surface area contributed by atoms with Gasteiger partial charge >= 0.3 is 5.97 Å². The van der Waals surface area contributed by atoms with Gasteiger partial charge < -0.3 is 14.7 Å². The number of nitrogens with zero attached hydrogens (tertiary/aromatic N) is 1. The quantitative estimate of drug-likeness (QED) is 0.918. The van der Waals surface area contributed by atoms with E-state index in [9.17, 15) is 14.7 Å². The van der Waals surface area contributed by atoms with Crippen LogP contribution in [-0.4, -0.2) is 30.6 Å². The van der Waals surface area contributed by atoms with Crippen molar-refractivity contribution in [1.29, 1.82) is 0 Å². The van der Waals surface area contributed by atoms with Crippen LogP contribution in [0.5, 0.6) is 5.75 Å². The largest absolute Gasteiger partial charge is 0.497 e. The normalized spacial score (nSPS) is 15.9. The van der Waals surface area contributed by atoms with Gasteiger partial charge in [-0.2, -0.15) is 0 Å². The molecule has 1 N–H and O–H groups in total. The van der Waals surface area contributed by atoms with Crippen molar-refractivity contribution >= 4 is 17.6 Å². The van der Waals surface area contributed by atoms with Crippen molar-refractivity contribution in [3.8, 4) is 5.75 Å². The third kappa shape index (κ3) is 3.11. The number of hydrogen-bond acceptors (Lipinski definition) is 3. The standard InChI is InChI=1S/C19H19NO4/c1-24-14-6-4-5-13(11-14)9-10-18(21)20-12-16(19(22)23)15-7-2-3-8-17(15)20/h2-8,11,16H,9-10,12H2,1H3,(H,22,23)/t16-/m0/s1. The minimum Gasteiger partial charge on any atom is -0.497 e. The van der Waals surface area contributed by atoms with Crippen molar-refractivity contribution in [3.05, 3.63) is 59.7 Å². The number of aliphatic carboxylic acids is 1. The molecule has 0 aromatic heterocycles. The van der Waals surface area contributed by atoms with E-state index < -0.39 is 11.9 Å². The Bertz CT molecular complexity index is 771. The molecule has 3 rings (SSSR count). The number of carboxylic acids is 1. The van der Waals surface area contributed by atoms with Crippen molar-refractivity contribution < 1.29 is 19.4 Å². The summed E-state index contributed by atoms with van der Waals surface area (Å²) in [6, 6.07) is 14.8. The highest BCUT2D eigenvalue weighted by Crippen LogP contribution is 2.36. The molecule has 0 saturated carbocycles.